The monoisotopic (exact) mass is 249 g/mol. The van der Waals surface area contributed by atoms with Gasteiger partial charge in [-0.15, -0.1) is 0 Å². The fourth-order valence-electron chi connectivity index (χ4n) is 2.00. The van der Waals surface area contributed by atoms with Crippen molar-refractivity contribution in [2.24, 2.45) is 10.7 Å². The zero-order chi connectivity index (χ0) is 13.1. The Morgan fingerprint density at radius 2 is 2.28 bits per heavy atom. The Morgan fingerprint density at radius 3 is 2.94 bits per heavy atom. The van der Waals surface area contributed by atoms with Gasteiger partial charge in [-0.2, -0.15) is 0 Å². The van der Waals surface area contributed by atoms with Gasteiger partial charge < -0.3 is 11.1 Å². The Hall–Kier alpha value is -1.58. The molecule has 1 aromatic carbocycles. The summed E-state index contributed by atoms with van der Waals surface area (Å²) in [6.45, 7) is 4.15. The molecule has 1 fully saturated rings. The molecule has 0 spiro atoms. The predicted molar refractivity (Wildman–Crippen MR) is 72.1 cm³/mol. The van der Waals surface area contributed by atoms with Gasteiger partial charge in [0.05, 0.1) is 6.04 Å². The molecule has 1 aliphatic carbocycles. The van der Waals surface area contributed by atoms with E-state index in [1.165, 1.54) is 6.07 Å². The van der Waals surface area contributed by atoms with Gasteiger partial charge >= 0.3 is 0 Å². The minimum absolute atomic E-state index is 0.124. The third kappa shape index (κ3) is 3.00. The van der Waals surface area contributed by atoms with Crippen LogP contribution in [-0.4, -0.2) is 18.0 Å². The van der Waals surface area contributed by atoms with E-state index < -0.39 is 0 Å². The van der Waals surface area contributed by atoms with E-state index in [9.17, 15) is 4.39 Å². The highest BCUT2D eigenvalue weighted by Crippen LogP contribution is 2.44. The maximum absolute atomic E-state index is 13.6. The van der Waals surface area contributed by atoms with E-state index in [4.69, 9.17) is 5.73 Å². The molecule has 0 bridgehead atoms. The maximum Gasteiger partial charge on any atom is 0.189 e. The Morgan fingerprint density at radius 1 is 1.56 bits per heavy atom. The molecule has 0 aliphatic heterocycles. The molecular formula is C14H20FN3. The maximum atomic E-state index is 13.6. The van der Waals surface area contributed by atoms with Gasteiger partial charge in [0.1, 0.15) is 5.82 Å². The smallest absolute Gasteiger partial charge is 0.189 e. The van der Waals surface area contributed by atoms with E-state index in [1.807, 2.05) is 12.1 Å². The normalized spacial score (nSPS) is 24.7. The number of halogens is 1. The van der Waals surface area contributed by atoms with Crippen molar-refractivity contribution in [3.05, 3.63) is 35.6 Å². The van der Waals surface area contributed by atoms with Crippen molar-refractivity contribution in [3.8, 4) is 0 Å². The molecule has 1 aliphatic rings. The van der Waals surface area contributed by atoms with E-state index in [-0.39, 0.29) is 17.8 Å². The van der Waals surface area contributed by atoms with Crippen molar-refractivity contribution < 1.29 is 4.39 Å². The Balaban J connectivity index is 1.96. The first-order valence-corrected chi connectivity index (χ1v) is 6.46. The van der Waals surface area contributed by atoms with Gasteiger partial charge in [0.2, 0.25) is 0 Å². The SMILES string of the molecule is CCC(C)NC(N)=NC1CC1c1ccccc1F. The van der Waals surface area contributed by atoms with Crippen LogP contribution in [0.3, 0.4) is 0 Å². The number of hydrogen-bond donors (Lipinski definition) is 2. The highest BCUT2D eigenvalue weighted by Gasteiger charge is 2.40. The lowest BCUT2D eigenvalue weighted by Gasteiger charge is -2.11. The van der Waals surface area contributed by atoms with Crippen LogP contribution in [0, 0.1) is 5.82 Å². The Kier molecular flexibility index (Phi) is 3.84. The van der Waals surface area contributed by atoms with Crippen molar-refractivity contribution in [2.75, 3.05) is 0 Å². The fraction of sp³-hybridized carbons (Fsp3) is 0.500. The van der Waals surface area contributed by atoms with Crippen LogP contribution < -0.4 is 11.1 Å². The molecule has 1 aromatic rings. The second-order valence-electron chi connectivity index (χ2n) is 4.90. The molecule has 0 radical (unpaired) electrons. The van der Waals surface area contributed by atoms with Gasteiger partial charge in [-0.25, -0.2) is 9.38 Å². The summed E-state index contributed by atoms with van der Waals surface area (Å²) in [5.41, 5.74) is 6.57. The first-order chi connectivity index (χ1) is 8.61. The second kappa shape index (κ2) is 5.38. The summed E-state index contributed by atoms with van der Waals surface area (Å²) in [6.07, 6.45) is 1.88. The van der Waals surface area contributed by atoms with Crippen molar-refractivity contribution >= 4 is 5.96 Å². The number of benzene rings is 1. The van der Waals surface area contributed by atoms with Gasteiger partial charge in [0, 0.05) is 12.0 Å². The summed E-state index contributed by atoms with van der Waals surface area (Å²) >= 11 is 0. The summed E-state index contributed by atoms with van der Waals surface area (Å²) in [7, 11) is 0. The average Bonchev–Trinajstić information content (AvgIpc) is 3.08. The molecule has 0 heterocycles. The quantitative estimate of drug-likeness (QED) is 0.636. The summed E-state index contributed by atoms with van der Waals surface area (Å²) in [5, 5.41) is 3.12. The average molecular weight is 249 g/mol. The lowest BCUT2D eigenvalue weighted by molar-refractivity contribution is 0.609. The second-order valence-corrected chi connectivity index (χ2v) is 4.90. The van der Waals surface area contributed by atoms with Crippen LogP contribution in [0.15, 0.2) is 29.3 Å². The van der Waals surface area contributed by atoms with Crippen LogP contribution in [0.2, 0.25) is 0 Å². The van der Waals surface area contributed by atoms with Crippen LogP contribution in [0.25, 0.3) is 0 Å². The topological polar surface area (TPSA) is 50.4 Å². The van der Waals surface area contributed by atoms with Crippen LogP contribution in [-0.2, 0) is 0 Å². The Labute approximate surface area is 107 Å². The number of rotatable bonds is 4. The minimum Gasteiger partial charge on any atom is -0.370 e. The molecule has 0 aromatic heterocycles. The number of guanidine groups is 1. The lowest BCUT2D eigenvalue weighted by Crippen LogP contribution is -2.38. The number of nitrogens with zero attached hydrogens (tertiary/aromatic N) is 1. The molecule has 3 atom stereocenters. The molecule has 0 amide bonds. The van der Waals surface area contributed by atoms with Crippen LogP contribution in [0.4, 0.5) is 4.39 Å². The van der Waals surface area contributed by atoms with Crippen LogP contribution in [0.1, 0.15) is 38.2 Å². The van der Waals surface area contributed by atoms with E-state index >= 15 is 0 Å². The van der Waals surface area contributed by atoms with E-state index in [0.29, 0.717) is 12.0 Å². The zero-order valence-electron chi connectivity index (χ0n) is 10.9. The van der Waals surface area contributed by atoms with E-state index in [0.717, 1.165) is 18.4 Å². The fourth-order valence-corrected chi connectivity index (χ4v) is 2.00. The lowest BCUT2D eigenvalue weighted by atomic mass is 10.1. The summed E-state index contributed by atoms with van der Waals surface area (Å²) in [5.74, 6) is 0.505. The van der Waals surface area contributed by atoms with E-state index in [2.05, 4.69) is 24.2 Å². The molecular weight excluding hydrogens is 229 g/mol. The molecule has 1 saturated carbocycles. The van der Waals surface area contributed by atoms with E-state index in [1.54, 1.807) is 6.07 Å². The molecule has 0 saturated heterocycles. The molecule has 3 N–H and O–H groups in total. The van der Waals surface area contributed by atoms with Crippen LogP contribution >= 0.6 is 0 Å². The number of nitrogens with two attached hydrogens (primary N) is 1. The first-order valence-electron chi connectivity index (χ1n) is 6.46. The van der Waals surface area contributed by atoms with Gasteiger partial charge in [-0.1, -0.05) is 25.1 Å². The molecule has 2 rings (SSSR count). The number of nitrogens with one attached hydrogen (secondary N) is 1. The predicted octanol–water partition coefficient (Wildman–Crippen LogP) is 2.38. The largest absolute Gasteiger partial charge is 0.370 e. The van der Waals surface area contributed by atoms with Gasteiger partial charge in [-0.3, -0.25) is 0 Å². The standard InChI is InChI=1S/C14H20FN3/c1-3-9(2)17-14(16)18-13-8-11(13)10-6-4-5-7-12(10)15/h4-7,9,11,13H,3,8H2,1-2H3,(H3,16,17,18). The first kappa shape index (κ1) is 12.9. The molecule has 3 nitrogen and oxygen atoms in total. The third-order valence-corrected chi connectivity index (χ3v) is 3.37. The van der Waals surface area contributed by atoms with Crippen molar-refractivity contribution in [1.82, 2.24) is 5.32 Å². The highest BCUT2D eigenvalue weighted by molar-refractivity contribution is 5.78. The number of hydrogen-bond acceptors (Lipinski definition) is 1. The molecule has 4 heteroatoms. The number of aliphatic imine (C=N–C) groups is 1. The van der Waals surface area contributed by atoms with Crippen molar-refractivity contribution in [3.63, 3.8) is 0 Å². The summed E-state index contributed by atoms with van der Waals surface area (Å²) in [4.78, 5) is 4.39. The summed E-state index contributed by atoms with van der Waals surface area (Å²) < 4.78 is 13.6. The van der Waals surface area contributed by atoms with Crippen molar-refractivity contribution in [1.29, 1.82) is 0 Å². The van der Waals surface area contributed by atoms with Crippen LogP contribution in [0.5, 0.6) is 0 Å². The van der Waals surface area contributed by atoms with Gasteiger partial charge in [0.25, 0.3) is 0 Å². The molecule has 98 valence electrons. The molecule has 3 unspecified atom stereocenters. The molecule has 18 heavy (non-hydrogen) atoms. The summed E-state index contributed by atoms with van der Waals surface area (Å²) in [6, 6.07) is 7.33. The Bertz CT molecular complexity index is 444. The van der Waals surface area contributed by atoms with Crippen molar-refractivity contribution in [2.45, 2.75) is 44.7 Å². The van der Waals surface area contributed by atoms with Gasteiger partial charge in [-0.05, 0) is 31.4 Å². The minimum atomic E-state index is -0.145. The van der Waals surface area contributed by atoms with Gasteiger partial charge in [0.15, 0.2) is 5.96 Å². The highest BCUT2D eigenvalue weighted by atomic mass is 19.1. The zero-order valence-corrected chi connectivity index (χ0v) is 10.9. The third-order valence-electron chi connectivity index (χ3n) is 3.37.